The van der Waals surface area contributed by atoms with Gasteiger partial charge in [-0.25, -0.2) is 0 Å². The molecule has 1 amide bonds. The summed E-state index contributed by atoms with van der Waals surface area (Å²) in [6, 6.07) is 19.3. The van der Waals surface area contributed by atoms with Gasteiger partial charge in [0, 0.05) is 36.1 Å². The number of benzene rings is 2. The van der Waals surface area contributed by atoms with Crippen molar-refractivity contribution >= 4 is 17.3 Å². The van der Waals surface area contributed by atoms with Gasteiger partial charge in [0.05, 0.1) is 0 Å². The molecule has 4 rings (SSSR count). The molecule has 2 heterocycles. The number of nitrogens with one attached hydrogen (secondary N) is 1. The molecule has 1 aliphatic heterocycles. The molecule has 5 heteroatoms. The molecule has 1 aliphatic rings. The van der Waals surface area contributed by atoms with Crippen molar-refractivity contribution in [2.24, 2.45) is 0 Å². The molecule has 2 aromatic carbocycles. The summed E-state index contributed by atoms with van der Waals surface area (Å²) >= 11 is 0. The van der Waals surface area contributed by atoms with Crippen LogP contribution in [-0.2, 0) is 0 Å². The highest BCUT2D eigenvalue weighted by Crippen LogP contribution is 2.23. The van der Waals surface area contributed by atoms with E-state index in [1.165, 1.54) is 31.4 Å². The number of carbonyl (C=O) groups excluding carboxylic acids is 1. The third kappa shape index (κ3) is 4.19. The lowest BCUT2D eigenvalue weighted by molar-refractivity contribution is 0.0988. The molecule has 0 saturated carbocycles. The maximum absolute atomic E-state index is 12.4. The largest absolute Gasteiger partial charge is 0.372 e. The number of hydrogen-bond donors (Lipinski definition) is 1. The van der Waals surface area contributed by atoms with Gasteiger partial charge in [-0.2, -0.15) is 0 Å². The first-order valence-corrected chi connectivity index (χ1v) is 9.48. The van der Waals surface area contributed by atoms with Crippen molar-refractivity contribution in [1.29, 1.82) is 0 Å². The number of rotatable bonds is 4. The van der Waals surface area contributed by atoms with E-state index in [4.69, 9.17) is 4.52 Å². The number of amides is 1. The van der Waals surface area contributed by atoms with E-state index in [2.05, 4.69) is 27.5 Å². The normalized spacial score (nSPS) is 14.6. The van der Waals surface area contributed by atoms with Crippen molar-refractivity contribution in [3.05, 3.63) is 66.4 Å². The summed E-state index contributed by atoms with van der Waals surface area (Å²) < 4.78 is 5.22. The fraction of sp³-hybridized carbons (Fsp3) is 0.273. The Morgan fingerprint density at radius 3 is 2.33 bits per heavy atom. The Hall–Kier alpha value is -3.08. The average Bonchev–Trinajstić information content (AvgIpc) is 3.06. The second-order valence-electron chi connectivity index (χ2n) is 6.84. The highest BCUT2D eigenvalue weighted by molar-refractivity contribution is 6.02. The molecule has 1 fully saturated rings. The molecular weight excluding hydrogens is 338 g/mol. The second-order valence-corrected chi connectivity index (χ2v) is 6.84. The van der Waals surface area contributed by atoms with Gasteiger partial charge < -0.3 is 14.7 Å². The van der Waals surface area contributed by atoms with Crippen molar-refractivity contribution in [2.75, 3.05) is 23.3 Å². The van der Waals surface area contributed by atoms with Gasteiger partial charge in [0.25, 0.3) is 5.91 Å². The first-order chi connectivity index (χ1) is 13.3. The smallest absolute Gasteiger partial charge is 0.294 e. The molecule has 0 radical (unpaired) electrons. The Balaban J connectivity index is 1.41. The number of hydrogen-bond acceptors (Lipinski definition) is 4. The predicted octanol–water partition coefficient (Wildman–Crippen LogP) is 4.97. The van der Waals surface area contributed by atoms with E-state index in [1.807, 2.05) is 42.5 Å². The van der Waals surface area contributed by atoms with Gasteiger partial charge in [0.1, 0.15) is 5.69 Å². The van der Waals surface area contributed by atoms with Crippen LogP contribution in [0.3, 0.4) is 0 Å². The minimum Gasteiger partial charge on any atom is -0.372 e. The molecule has 5 nitrogen and oxygen atoms in total. The zero-order valence-corrected chi connectivity index (χ0v) is 15.2. The lowest BCUT2D eigenvalue weighted by Gasteiger charge is -2.22. The molecule has 0 unspecified atom stereocenters. The average molecular weight is 361 g/mol. The predicted molar refractivity (Wildman–Crippen MR) is 107 cm³/mol. The van der Waals surface area contributed by atoms with Gasteiger partial charge in [-0.15, -0.1) is 0 Å². The molecule has 3 aromatic rings. The Morgan fingerprint density at radius 1 is 0.926 bits per heavy atom. The molecule has 1 N–H and O–H groups in total. The van der Waals surface area contributed by atoms with Gasteiger partial charge in [-0.1, -0.05) is 48.3 Å². The van der Waals surface area contributed by atoms with E-state index in [1.54, 1.807) is 6.07 Å². The molecule has 1 saturated heterocycles. The van der Waals surface area contributed by atoms with Crippen molar-refractivity contribution in [1.82, 2.24) is 5.16 Å². The summed E-state index contributed by atoms with van der Waals surface area (Å²) in [4.78, 5) is 14.9. The van der Waals surface area contributed by atoms with Crippen LogP contribution in [-0.4, -0.2) is 24.2 Å². The van der Waals surface area contributed by atoms with Crippen LogP contribution in [0.2, 0.25) is 0 Å². The van der Waals surface area contributed by atoms with Crippen molar-refractivity contribution in [3.63, 3.8) is 0 Å². The molecule has 0 aliphatic carbocycles. The van der Waals surface area contributed by atoms with Gasteiger partial charge >= 0.3 is 0 Å². The van der Waals surface area contributed by atoms with E-state index in [0.29, 0.717) is 5.69 Å². The minimum atomic E-state index is -0.299. The van der Waals surface area contributed by atoms with Gasteiger partial charge in [-0.05, 0) is 37.1 Å². The molecule has 138 valence electrons. The third-order valence-corrected chi connectivity index (χ3v) is 4.90. The monoisotopic (exact) mass is 361 g/mol. The molecule has 0 spiro atoms. The summed E-state index contributed by atoms with van der Waals surface area (Å²) in [6.07, 6.45) is 5.11. The van der Waals surface area contributed by atoms with E-state index < -0.39 is 0 Å². The number of carbonyl (C=O) groups is 1. The molecule has 0 bridgehead atoms. The quantitative estimate of drug-likeness (QED) is 0.712. The van der Waals surface area contributed by atoms with Crippen LogP contribution in [0.15, 0.2) is 65.2 Å². The lowest BCUT2D eigenvalue weighted by Crippen LogP contribution is -2.23. The highest BCUT2D eigenvalue weighted by atomic mass is 16.5. The number of aromatic nitrogens is 1. The summed E-state index contributed by atoms with van der Waals surface area (Å²) in [7, 11) is 0. The summed E-state index contributed by atoms with van der Waals surface area (Å²) in [5, 5.41) is 6.87. The standard InChI is InChI=1S/C22H23N3O2/c26-22(21-16-20(24-27-21)17-8-4-3-5-9-17)23-18-10-12-19(13-11-18)25-14-6-1-2-7-15-25/h3-5,8-13,16H,1-2,6-7,14-15H2,(H,23,26). The van der Waals surface area contributed by atoms with Crippen molar-refractivity contribution in [3.8, 4) is 11.3 Å². The van der Waals surface area contributed by atoms with Crippen LogP contribution in [0, 0.1) is 0 Å². The van der Waals surface area contributed by atoms with E-state index in [-0.39, 0.29) is 11.7 Å². The fourth-order valence-electron chi connectivity index (χ4n) is 3.40. The number of anilines is 2. The van der Waals surface area contributed by atoms with Crippen LogP contribution in [0.5, 0.6) is 0 Å². The maximum atomic E-state index is 12.4. The first kappa shape index (κ1) is 17.3. The van der Waals surface area contributed by atoms with Crippen molar-refractivity contribution < 1.29 is 9.32 Å². The van der Waals surface area contributed by atoms with Crippen LogP contribution in [0.1, 0.15) is 36.2 Å². The first-order valence-electron chi connectivity index (χ1n) is 9.48. The topological polar surface area (TPSA) is 58.4 Å². The van der Waals surface area contributed by atoms with Crippen molar-refractivity contribution in [2.45, 2.75) is 25.7 Å². The van der Waals surface area contributed by atoms with E-state index in [9.17, 15) is 4.79 Å². The second kappa shape index (κ2) is 8.08. The Bertz CT molecular complexity index is 879. The van der Waals surface area contributed by atoms with Gasteiger partial charge in [0.2, 0.25) is 5.76 Å². The minimum absolute atomic E-state index is 0.199. The molecule has 1 aromatic heterocycles. The molecular formula is C22H23N3O2. The van der Waals surface area contributed by atoms with E-state index >= 15 is 0 Å². The lowest BCUT2D eigenvalue weighted by atomic mass is 10.1. The fourth-order valence-corrected chi connectivity index (χ4v) is 3.40. The van der Waals surface area contributed by atoms with Crippen LogP contribution >= 0.6 is 0 Å². The van der Waals surface area contributed by atoms with Crippen LogP contribution in [0.25, 0.3) is 11.3 Å². The van der Waals surface area contributed by atoms with Gasteiger partial charge in [0.15, 0.2) is 0 Å². The zero-order chi connectivity index (χ0) is 18.5. The zero-order valence-electron chi connectivity index (χ0n) is 15.2. The Morgan fingerprint density at radius 2 is 1.63 bits per heavy atom. The van der Waals surface area contributed by atoms with Crippen LogP contribution < -0.4 is 10.2 Å². The highest BCUT2D eigenvalue weighted by Gasteiger charge is 2.15. The number of nitrogens with zero attached hydrogens (tertiary/aromatic N) is 2. The third-order valence-electron chi connectivity index (χ3n) is 4.90. The Labute approximate surface area is 159 Å². The SMILES string of the molecule is O=C(Nc1ccc(N2CCCCCC2)cc1)c1cc(-c2ccccc2)no1. The summed E-state index contributed by atoms with van der Waals surface area (Å²) in [6.45, 7) is 2.21. The Kier molecular flexibility index (Phi) is 5.19. The van der Waals surface area contributed by atoms with Crippen LogP contribution in [0.4, 0.5) is 11.4 Å². The summed E-state index contributed by atoms with van der Waals surface area (Å²) in [5.74, 6) is -0.0994. The summed E-state index contributed by atoms with van der Waals surface area (Å²) in [5.41, 5.74) is 3.52. The van der Waals surface area contributed by atoms with E-state index in [0.717, 1.165) is 24.3 Å². The van der Waals surface area contributed by atoms with Gasteiger partial charge in [-0.3, -0.25) is 4.79 Å². The molecule has 0 atom stereocenters. The maximum Gasteiger partial charge on any atom is 0.294 e. The molecule has 27 heavy (non-hydrogen) atoms.